The van der Waals surface area contributed by atoms with Crippen molar-refractivity contribution in [3.63, 3.8) is 0 Å². The van der Waals surface area contributed by atoms with Gasteiger partial charge in [-0.2, -0.15) is 0 Å². The lowest BCUT2D eigenvalue weighted by Crippen LogP contribution is -2.11. The zero-order chi connectivity index (χ0) is 12.0. The summed E-state index contributed by atoms with van der Waals surface area (Å²) in [5.41, 5.74) is 12.2. The van der Waals surface area contributed by atoms with Crippen molar-refractivity contribution in [2.24, 2.45) is 5.73 Å². The number of methoxy groups -OCH3 is 1. The number of thioether (sulfide) groups is 1. The number of primary amides is 1. The van der Waals surface area contributed by atoms with Gasteiger partial charge in [0.1, 0.15) is 0 Å². The Kier molecular flexibility index (Phi) is 5.14. The van der Waals surface area contributed by atoms with Gasteiger partial charge < -0.3 is 16.2 Å². The number of ether oxygens (including phenoxy) is 1. The maximum Gasteiger partial charge on any atom is 0.248 e. The standard InChI is InChI=1S/C11H16N2O2S/c1-15-5-2-6-16-10-7-8(11(13)14)3-4-9(10)12/h3-4,7H,2,5-6,12H2,1H3,(H2,13,14). The van der Waals surface area contributed by atoms with Crippen LogP contribution in [0.25, 0.3) is 0 Å². The molecule has 0 fully saturated rings. The van der Waals surface area contributed by atoms with E-state index in [2.05, 4.69) is 0 Å². The van der Waals surface area contributed by atoms with Crippen LogP contribution in [-0.2, 0) is 4.74 Å². The maximum absolute atomic E-state index is 11.0. The van der Waals surface area contributed by atoms with Crippen molar-refractivity contribution in [2.75, 3.05) is 25.2 Å². The average molecular weight is 240 g/mol. The first-order chi connectivity index (χ1) is 7.65. The minimum atomic E-state index is -0.432. The van der Waals surface area contributed by atoms with E-state index in [1.54, 1.807) is 37.1 Å². The number of benzene rings is 1. The van der Waals surface area contributed by atoms with Crippen LogP contribution in [0.4, 0.5) is 5.69 Å². The number of amides is 1. The minimum Gasteiger partial charge on any atom is -0.398 e. The van der Waals surface area contributed by atoms with Crippen LogP contribution in [0.15, 0.2) is 23.1 Å². The maximum atomic E-state index is 11.0. The van der Waals surface area contributed by atoms with E-state index in [-0.39, 0.29) is 0 Å². The summed E-state index contributed by atoms with van der Waals surface area (Å²) < 4.78 is 4.95. The fraction of sp³-hybridized carbons (Fsp3) is 0.364. The Morgan fingerprint density at radius 2 is 2.25 bits per heavy atom. The molecule has 0 bridgehead atoms. The number of hydrogen-bond acceptors (Lipinski definition) is 4. The van der Waals surface area contributed by atoms with Crippen molar-refractivity contribution in [1.29, 1.82) is 0 Å². The molecule has 0 aliphatic rings. The molecule has 0 heterocycles. The zero-order valence-electron chi connectivity index (χ0n) is 9.23. The lowest BCUT2D eigenvalue weighted by molar-refractivity contribution is 0.1000. The van der Waals surface area contributed by atoms with Gasteiger partial charge in [0.15, 0.2) is 0 Å². The molecule has 0 saturated heterocycles. The third-order valence-corrected chi connectivity index (χ3v) is 3.21. The lowest BCUT2D eigenvalue weighted by Gasteiger charge is -2.06. The summed E-state index contributed by atoms with van der Waals surface area (Å²) in [6, 6.07) is 5.07. The van der Waals surface area contributed by atoms with Gasteiger partial charge in [0.2, 0.25) is 5.91 Å². The highest BCUT2D eigenvalue weighted by Gasteiger charge is 2.05. The SMILES string of the molecule is COCCCSc1cc(C(N)=O)ccc1N. The summed E-state index contributed by atoms with van der Waals surface area (Å²) in [6.45, 7) is 0.725. The molecule has 0 spiro atoms. The molecule has 4 N–H and O–H groups in total. The van der Waals surface area contributed by atoms with Crippen molar-refractivity contribution in [2.45, 2.75) is 11.3 Å². The van der Waals surface area contributed by atoms with Gasteiger partial charge >= 0.3 is 0 Å². The molecule has 16 heavy (non-hydrogen) atoms. The molecule has 0 aliphatic heterocycles. The van der Waals surface area contributed by atoms with Crippen LogP contribution in [0.2, 0.25) is 0 Å². The van der Waals surface area contributed by atoms with Gasteiger partial charge in [-0.25, -0.2) is 0 Å². The van der Waals surface area contributed by atoms with Crippen LogP contribution >= 0.6 is 11.8 Å². The highest BCUT2D eigenvalue weighted by atomic mass is 32.2. The Balaban J connectivity index is 2.63. The fourth-order valence-electron chi connectivity index (χ4n) is 1.20. The Hall–Kier alpha value is -1.20. The molecule has 0 atom stereocenters. The average Bonchev–Trinajstić information content (AvgIpc) is 2.26. The molecule has 1 aromatic carbocycles. The number of carbonyl (C=O) groups is 1. The van der Waals surface area contributed by atoms with Crippen LogP contribution in [0.5, 0.6) is 0 Å². The predicted molar refractivity (Wildman–Crippen MR) is 66.6 cm³/mol. The fourth-order valence-corrected chi connectivity index (χ4v) is 2.13. The first-order valence-corrected chi connectivity index (χ1v) is 5.94. The molecular weight excluding hydrogens is 224 g/mol. The largest absolute Gasteiger partial charge is 0.398 e. The van der Waals surface area contributed by atoms with E-state index in [1.165, 1.54) is 0 Å². The molecule has 1 amide bonds. The Morgan fingerprint density at radius 1 is 1.50 bits per heavy atom. The summed E-state index contributed by atoms with van der Waals surface area (Å²) in [5.74, 6) is 0.471. The van der Waals surface area contributed by atoms with E-state index in [9.17, 15) is 4.79 Å². The summed E-state index contributed by atoms with van der Waals surface area (Å²) in [7, 11) is 1.67. The number of anilines is 1. The number of nitrogens with two attached hydrogens (primary N) is 2. The Morgan fingerprint density at radius 3 is 2.88 bits per heavy atom. The molecular formula is C11H16N2O2S. The van der Waals surface area contributed by atoms with Crippen LogP contribution in [0.3, 0.4) is 0 Å². The van der Waals surface area contributed by atoms with Crippen LogP contribution < -0.4 is 11.5 Å². The van der Waals surface area contributed by atoms with Crippen LogP contribution in [0, 0.1) is 0 Å². The first-order valence-electron chi connectivity index (χ1n) is 4.96. The van der Waals surface area contributed by atoms with Crippen LogP contribution in [-0.4, -0.2) is 25.4 Å². The summed E-state index contributed by atoms with van der Waals surface area (Å²) in [4.78, 5) is 11.9. The van der Waals surface area contributed by atoms with E-state index in [1.807, 2.05) is 0 Å². The molecule has 5 heteroatoms. The lowest BCUT2D eigenvalue weighted by atomic mass is 10.2. The molecule has 0 unspecified atom stereocenters. The normalized spacial score (nSPS) is 10.3. The predicted octanol–water partition coefficient (Wildman–Crippen LogP) is 1.50. The highest BCUT2D eigenvalue weighted by molar-refractivity contribution is 7.99. The van der Waals surface area contributed by atoms with Gasteiger partial charge in [0, 0.05) is 35.6 Å². The van der Waals surface area contributed by atoms with Gasteiger partial charge in [-0.15, -0.1) is 11.8 Å². The third kappa shape index (κ3) is 3.75. The Labute approximate surface area is 99.3 Å². The number of hydrogen-bond donors (Lipinski definition) is 2. The topological polar surface area (TPSA) is 78.3 Å². The highest BCUT2D eigenvalue weighted by Crippen LogP contribution is 2.26. The molecule has 0 radical (unpaired) electrons. The van der Waals surface area contributed by atoms with Crippen molar-refractivity contribution >= 4 is 23.4 Å². The quantitative estimate of drug-likeness (QED) is 0.448. The van der Waals surface area contributed by atoms with Gasteiger partial charge in [-0.3, -0.25) is 4.79 Å². The van der Waals surface area contributed by atoms with E-state index in [4.69, 9.17) is 16.2 Å². The van der Waals surface area contributed by atoms with E-state index < -0.39 is 5.91 Å². The van der Waals surface area contributed by atoms with Crippen molar-refractivity contribution < 1.29 is 9.53 Å². The molecule has 0 aliphatic carbocycles. The molecule has 0 saturated carbocycles. The second kappa shape index (κ2) is 6.40. The molecule has 4 nitrogen and oxygen atoms in total. The zero-order valence-corrected chi connectivity index (χ0v) is 10.0. The van der Waals surface area contributed by atoms with Crippen molar-refractivity contribution in [3.8, 4) is 0 Å². The van der Waals surface area contributed by atoms with Gasteiger partial charge in [0.05, 0.1) is 0 Å². The monoisotopic (exact) mass is 240 g/mol. The summed E-state index contributed by atoms with van der Waals surface area (Å²) in [5, 5.41) is 0. The molecule has 1 rings (SSSR count). The molecule has 88 valence electrons. The first kappa shape index (κ1) is 12.9. The van der Waals surface area contributed by atoms with Gasteiger partial charge in [-0.05, 0) is 24.6 Å². The second-order valence-electron chi connectivity index (χ2n) is 3.31. The number of carbonyl (C=O) groups excluding carboxylic acids is 1. The minimum absolute atomic E-state index is 0.432. The van der Waals surface area contributed by atoms with Crippen molar-refractivity contribution in [3.05, 3.63) is 23.8 Å². The van der Waals surface area contributed by atoms with E-state index >= 15 is 0 Å². The van der Waals surface area contributed by atoms with Crippen LogP contribution in [0.1, 0.15) is 16.8 Å². The number of nitrogen functional groups attached to an aromatic ring is 1. The second-order valence-corrected chi connectivity index (χ2v) is 4.45. The van der Waals surface area contributed by atoms with E-state index in [0.29, 0.717) is 11.3 Å². The van der Waals surface area contributed by atoms with Gasteiger partial charge in [0.25, 0.3) is 0 Å². The van der Waals surface area contributed by atoms with Gasteiger partial charge in [-0.1, -0.05) is 0 Å². The molecule has 0 aromatic heterocycles. The van der Waals surface area contributed by atoms with Crippen molar-refractivity contribution in [1.82, 2.24) is 0 Å². The molecule has 1 aromatic rings. The third-order valence-electron chi connectivity index (χ3n) is 2.05. The van der Waals surface area contributed by atoms with E-state index in [0.717, 1.165) is 23.7 Å². The summed E-state index contributed by atoms with van der Waals surface area (Å²) in [6.07, 6.45) is 0.946. The Bertz CT molecular complexity index is 369. The smallest absolute Gasteiger partial charge is 0.248 e. The summed E-state index contributed by atoms with van der Waals surface area (Å²) >= 11 is 1.61. The number of rotatable bonds is 6.